The number of ether oxygens (including phenoxy) is 1. The maximum absolute atomic E-state index is 11.2. The summed E-state index contributed by atoms with van der Waals surface area (Å²) >= 11 is 0. The first kappa shape index (κ1) is 12.6. The first-order valence-electron chi connectivity index (χ1n) is 5.98. The smallest absolute Gasteiger partial charge is 0.325 e. The van der Waals surface area contributed by atoms with Gasteiger partial charge in [0.05, 0.1) is 6.61 Å². The Morgan fingerprint density at radius 3 is 2.83 bits per heavy atom. The molecule has 4 N–H and O–H groups in total. The van der Waals surface area contributed by atoms with Crippen LogP contribution in [0.4, 0.5) is 11.6 Å². The number of nitrogens with zero attached hydrogens (tertiary/aromatic N) is 2. The van der Waals surface area contributed by atoms with Gasteiger partial charge in [-0.25, -0.2) is 15.8 Å². The third-order valence-corrected chi connectivity index (χ3v) is 2.55. The molecule has 1 aromatic rings. The Labute approximate surface area is 105 Å². The molecule has 0 unspecified atom stereocenters. The van der Waals surface area contributed by atoms with Gasteiger partial charge in [0, 0.05) is 12.0 Å². The van der Waals surface area contributed by atoms with Crippen LogP contribution in [0.2, 0.25) is 0 Å². The van der Waals surface area contributed by atoms with Gasteiger partial charge in [0.2, 0.25) is 0 Å². The van der Waals surface area contributed by atoms with Crippen LogP contribution in [0.3, 0.4) is 0 Å². The van der Waals surface area contributed by atoms with Crippen molar-refractivity contribution in [2.24, 2.45) is 5.84 Å². The van der Waals surface area contributed by atoms with E-state index in [9.17, 15) is 4.79 Å². The Kier molecular flexibility index (Phi) is 3.93. The fraction of sp³-hybridized carbons (Fsp3) is 0.545. The number of nitrogens with one attached hydrogen (secondary N) is 2. The molecule has 7 nitrogen and oxygen atoms in total. The summed E-state index contributed by atoms with van der Waals surface area (Å²) in [5.74, 6) is 7.33. The number of esters is 1. The van der Waals surface area contributed by atoms with E-state index in [1.54, 1.807) is 13.0 Å². The van der Waals surface area contributed by atoms with Gasteiger partial charge in [0.1, 0.15) is 24.0 Å². The molecule has 1 aliphatic carbocycles. The third-order valence-electron chi connectivity index (χ3n) is 2.55. The van der Waals surface area contributed by atoms with Gasteiger partial charge >= 0.3 is 5.97 Å². The molecule has 0 saturated heterocycles. The molecule has 0 aliphatic heterocycles. The molecule has 7 heteroatoms. The zero-order valence-electron chi connectivity index (χ0n) is 10.3. The first-order chi connectivity index (χ1) is 8.72. The van der Waals surface area contributed by atoms with Crippen molar-refractivity contribution in [3.63, 3.8) is 0 Å². The average Bonchev–Trinajstić information content (AvgIpc) is 3.20. The molecule has 1 saturated carbocycles. The third kappa shape index (κ3) is 3.30. The minimum Gasteiger partial charge on any atom is -0.465 e. The maximum atomic E-state index is 11.2. The van der Waals surface area contributed by atoms with E-state index < -0.39 is 0 Å². The topological polar surface area (TPSA) is 102 Å². The molecular formula is C11H17N5O2. The van der Waals surface area contributed by atoms with Crippen molar-refractivity contribution in [1.82, 2.24) is 9.97 Å². The molecule has 0 aromatic carbocycles. The van der Waals surface area contributed by atoms with Gasteiger partial charge in [-0.3, -0.25) is 4.79 Å². The van der Waals surface area contributed by atoms with Crippen LogP contribution in [0, 0.1) is 0 Å². The monoisotopic (exact) mass is 251 g/mol. The summed E-state index contributed by atoms with van der Waals surface area (Å²) in [6.45, 7) is 2.22. The standard InChI is InChI=1S/C11H17N5O2/c1-2-18-10(17)6-13-8-5-9(16-12)15-11(14-8)7-3-4-7/h5,7H,2-4,6,12H2,1H3,(H2,13,14,15,16). The number of hydrazine groups is 1. The van der Waals surface area contributed by atoms with Crippen LogP contribution in [0.15, 0.2) is 6.07 Å². The molecule has 0 bridgehead atoms. The van der Waals surface area contributed by atoms with E-state index in [0.29, 0.717) is 24.2 Å². The summed E-state index contributed by atoms with van der Waals surface area (Å²) in [6.07, 6.45) is 2.21. The highest BCUT2D eigenvalue weighted by molar-refractivity contribution is 5.74. The van der Waals surface area contributed by atoms with E-state index in [1.807, 2.05) is 0 Å². The van der Waals surface area contributed by atoms with Crippen molar-refractivity contribution in [3.8, 4) is 0 Å². The van der Waals surface area contributed by atoms with Gasteiger partial charge in [0.15, 0.2) is 0 Å². The Morgan fingerprint density at radius 1 is 1.50 bits per heavy atom. The lowest BCUT2D eigenvalue weighted by atomic mass is 10.4. The number of nitrogens with two attached hydrogens (primary N) is 1. The molecule has 98 valence electrons. The molecule has 0 amide bonds. The summed E-state index contributed by atoms with van der Waals surface area (Å²) in [5.41, 5.74) is 2.50. The van der Waals surface area contributed by atoms with Gasteiger partial charge < -0.3 is 15.5 Å². The second-order valence-electron chi connectivity index (χ2n) is 4.07. The Hall–Kier alpha value is -1.89. The largest absolute Gasteiger partial charge is 0.465 e. The summed E-state index contributed by atoms with van der Waals surface area (Å²) in [6, 6.07) is 1.66. The Balaban J connectivity index is 2.02. The average molecular weight is 251 g/mol. The zero-order valence-corrected chi connectivity index (χ0v) is 10.3. The Morgan fingerprint density at radius 2 is 2.22 bits per heavy atom. The van der Waals surface area contributed by atoms with Crippen molar-refractivity contribution in [1.29, 1.82) is 0 Å². The second kappa shape index (κ2) is 5.63. The van der Waals surface area contributed by atoms with Crippen molar-refractivity contribution in [3.05, 3.63) is 11.9 Å². The van der Waals surface area contributed by atoms with Gasteiger partial charge in [-0.2, -0.15) is 0 Å². The van der Waals surface area contributed by atoms with E-state index in [-0.39, 0.29) is 12.5 Å². The van der Waals surface area contributed by atoms with Crippen LogP contribution >= 0.6 is 0 Å². The lowest BCUT2D eigenvalue weighted by molar-refractivity contribution is -0.140. The zero-order chi connectivity index (χ0) is 13.0. The molecule has 1 heterocycles. The van der Waals surface area contributed by atoms with Crippen molar-refractivity contribution in [2.45, 2.75) is 25.7 Å². The van der Waals surface area contributed by atoms with Gasteiger partial charge in [0.25, 0.3) is 0 Å². The van der Waals surface area contributed by atoms with E-state index in [4.69, 9.17) is 10.6 Å². The number of anilines is 2. The van der Waals surface area contributed by atoms with Crippen molar-refractivity contribution in [2.75, 3.05) is 23.9 Å². The fourth-order valence-electron chi connectivity index (χ4n) is 1.53. The van der Waals surface area contributed by atoms with Gasteiger partial charge in [-0.1, -0.05) is 0 Å². The summed E-state index contributed by atoms with van der Waals surface area (Å²) < 4.78 is 4.83. The van der Waals surface area contributed by atoms with Crippen LogP contribution < -0.4 is 16.6 Å². The number of nitrogen functional groups attached to an aromatic ring is 1. The number of hydrogen-bond donors (Lipinski definition) is 3. The van der Waals surface area contributed by atoms with Gasteiger partial charge in [-0.15, -0.1) is 0 Å². The van der Waals surface area contributed by atoms with Crippen LogP contribution in [0.5, 0.6) is 0 Å². The van der Waals surface area contributed by atoms with E-state index in [1.165, 1.54) is 0 Å². The fourth-order valence-corrected chi connectivity index (χ4v) is 1.53. The number of carbonyl (C=O) groups excluding carboxylic acids is 1. The molecule has 1 fully saturated rings. The normalized spacial score (nSPS) is 14.1. The van der Waals surface area contributed by atoms with Crippen LogP contribution in [-0.4, -0.2) is 29.1 Å². The van der Waals surface area contributed by atoms with Crippen LogP contribution in [-0.2, 0) is 9.53 Å². The molecule has 0 spiro atoms. The summed E-state index contributed by atoms with van der Waals surface area (Å²) in [5, 5.41) is 2.91. The summed E-state index contributed by atoms with van der Waals surface area (Å²) in [4.78, 5) is 19.9. The van der Waals surface area contributed by atoms with Crippen LogP contribution in [0.25, 0.3) is 0 Å². The molecular weight excluding hydrogens is 234 g/mol. The first-order valence-corrected chi connectivity index (χ1v) is 5.98. The van der Waals surface area contributed by atoms with Crippen molar-refractivity contribution < 1.29 is 9.53 Å². The molecule has 2 rings (SSSR count). The number of carbonyl (C=O) groups is 1. The van der Waals surface area contributed by atoms with E-state index in [2.05, 4.69) is 20.7 Å². The second-order valence-corrected chi connectivity index (χ2v) is 4.07. The predicted octanol–water partition coefficient (Wildman–Crippen LogP) is 0.615. The van der Waals surface area contributed by atoms with Crippen LogP contribution in [0.1, 0.15) is 31.5 Å². The molecule has 1 aliphatic rings. The van der Waals surface area contributed by atoms with E-state index in [0.717, 1.165) is 18.7 Å². The Bertz CT molecular complexity index is 433. The highest BCUT2D eigenvalue weighted by Crippen LogP contribution is 2.38. The predicted molar refractivity (Wildman–Crippen MR) is 66.9 cm³/mol. The lowest BCUT2D eigenvalue weighted by Crippen LogP contribution is -2.18. The molecule has 0 atom stereocenters. The van der Waals surface area contributed by atoms with Gasteiger partial charge in [-0.05, 0) is 19.8 Å². The molecule has 1 aromatic heterocycles. The number of rotatable bonds is 6. The highest BCUT2D eigenvalue weighted by Gasteiger charge is 2.27. The highest BCUT2D eigenvalue weighted by atomic mass is 16.5. The minimum atomic E-state index is -0.314. The SMILES string of the molecule is CCOC(=O)CNc1cc(NN)nc(C2CC2)n1. The maximum Gasteiger partial charge on any atom is 0.325 e. The molecule has 0 radical (unpaired) electrons. The number of hydrogen-bond acceptors (Lipinski definition) is 7. The van der Waals surface area contributed by atoms with E-state index >= 15 is 0 Å². The lowest BCUT2D eigenvalue weighted by Gasteiger charge is -2.08. The quantitative estimate of drug-likeness (QED) is 0.387. The number of aromatic nitrogens is 2. The summed E-state index contributed by atoms with van der Waals surface area (Å²) in [7, 11) is 0. The molecule has 18 heavy (non-hydrogen) atoms. The van der Waals surface area contributed by atoms with Crippen molar-refractivity contribution >= 4 is 17.6 Å². The minimum absolute atomic E-state index is 0.0823.